The smallest absolute Gasteiger partial charge is 0.326 e. The summed E-state index contributed by atoms with van der Waals surface area (Å²) in [5.74, 6) is -1.22. The Kier molecular flexibility index (Phi) is 6.49. The first-order valence-electron chi connectivity index (χ1n) is 12.6. The molecule has 7 heteroatoms. The summed E-state index contributed by atoms with van der Waals surface area (Å²) >= 11 is 0. The monoisotopic (exact) mass is 485 g/mol. The third kappa shape index (κ3) is 4.35. The van der Waals surface area contributed by atoms with Gasteiger partial charge in [-0.1, -0.05) is 67.6 Å². The zero-order valence-corrected chi connectivity index (χ0v) is 20.4. The van der Waals surface area contributed by atoms with E-state index in [0.717, 1.165) is 16.3 Å². The number of amides is 2. The number of piperidine rings is 1. The lowest BCUT2D eigenvalue weighted by Crippen LogP contribution is -2.63. The minimum Gasteiger partial charge on any atom is -0.480 e. The Labute approximate surface area is 210 Å². The Morgan fingerprint density at radius 1 is 1.00 bits per heavy atom. The predicted molar refractivity (Wildman–Crippen MR) is 137 cm³/mol. The molecule has 1 spiro atoms. The van der Waals surface area contributed by atoms with E-state index in [-0.39, 0.29) is 11.8 Å². The van der Waals surface area contributed by atoms with Gasteiger partial charge in [-0.25, -0.2) is 4.79 Å². The molecular weight excluding hydrogens is 454 g/mol. The van der Waals surface area contributed by atoms with Crippen LogP contribution < -0.4 is 5.32 Å². The molecule has 2 N–H and O–H groups in total. The fourth-order valence-corrected chi connectivity index (χ4v) is 5.71. The molecule has 2 atom stereocenters. The van der Waals surface area contributed by atoms with E-state index >= 15 is 0 Å². The van der Waals surface area contributed by atoms with E-state index in [1.54, 1.807) is 11.8 Å². The van der Waals surface area contributed by atoms with Crippen molar-refractivity contribution in [3.05, 3.63) is 83.9 Å². The maximum Gasteiger partial charge on any atom is 0.326 e. The molecule has 3 aromatic carbocycles. The molecule has 5 rings (SSSR count). The predicted octanol–water partition coefficient (Wildman–Crippen LogP) is 3.68. The summed E-state index contributed by atoms with van der Waals surface area (Å²) in [6.07, 6.45) is 1.77. The number of nitrogens with one attached hydrogen (secondary N) is 1. The van der Waals surface area contributed by atoms with E-state index in [0.29, 0.717) is 44.3 Å². The topological polar surface area (TPSA) is 89.9 Å². The number of rotatable bonds is 6. The number of hydrogen-bond acceptors (Lipinski definition) is 4. The standard InChI is InChI=1S/C29H31N3O4/c1-2-25(28(35)36)32-27(34)24(18-20-8-4-3-5-9-20)30-29(32)14-16-31(17-15-29)26(33)23-13-12-21-10-6-7-11-22(21)19-23/h3-13,19,24-25,30H,2,14-18H2,1H3,(H,35,36). The van der Waals surface area contributed by atoms with Crippen molar-refractivity contribution in [2.24, 2.45) is 0 Å². The van der Waals surface area contributed by atoms with Crippen LogP contribution in [0.3, 0.4) is 0 Å². The van der Waals surface area contributed by atoms with Crippen LogP contribution in [0.1, 0.15) is 42.1 Å². The van der Waals surface area contributed by atoms with E-state index in [1.165, 1.54) is 0 Å². The molecule has 0 saturated carbocycles. The Bertz CT molecular complexity index is 1280. The third-order valence-electron chi connectivity index (χ3n) is 7.58. The number of benzene rings is 3. The second kappa shape index (κ2) is 9.74. The van der Waals surface area contributed by atoms with Gasteiger partial charge in [0.15, 0.2) is 0 Å². The van der Waals surface area contributed by atoms with E-state index in [9.17, 15) is 19.5 Å². The van der Waals surface area contributed by atoms with Gasteiger partial charge in [-0.05, 0) is 41.3 Å². The molecule has 0 bridgehead atoms. The third-order valence-corrected chi connectivity index (χ3v) is 7.58. The number of carboxylic acid groups (broad SMARTS) is 1. The van der Waals surface area contributed by atoms with E-state index in [2.05, 4.69) is 5.32 Å². The summed E-state index contributed by atoms with van der Waals surface area (Å²) in [5, 5.41) is 15.6. The van der Waals surface area contributed by atoms with Crippen LogP contribution in [-0.4, -0.2) is 63.5 Å². The summed E-state index contributed by atoms with van der Waals surface area (Å²) in [6.45, 7) is 2.68. The number of carbonyl (C=O) groups excluding carboxylic acids is 2. The van der Waals surface area contributed by atoms with Crippen molar-refractivity contribution in [3.63, 3.8) is 0 Å². The largest absolute Gasteiger partial charge is 0.480 e. The average Bonchev–Trinajstić information content (AvgIpc) is 3.15. The fourth-order valence-electron chi connectivity index (χ4n) is 5.71. The molecule has 2 amide bonds. The Morgan fingerprint density at radius 3 is 2.33 bits per heavy atom. The highest BCUT2D eigenvalue weighted by molar-refractivity contribution is 5.98. The van der Waals surface area contributed by atoms with Gasteiger partial charge in [-0.3, -0.25) is 14.9 Å². The van der Waals surface area contributed by atoms with Gasteiger partial charge < -0.3 is 14.9 Å². The number of carbonyl (C=O) groups is 3. The summed E-state index contributed by atoms with van der Waals surface area (Å²) in [4.78, 5) is 42.4. The van der Waals surface area contributed by atoms with Gasteiger partial charge in [-0.2, -0.15) is 0 Å². The maximum absolute atomic E-state index is 13.6. The van der Waals surface area contributed by atoms with Crippen LogP contribution in [0.4, 0.5) is 0 Å². The minimum absolute atomic E-state index is 0.0439. The van der Waals surface area contributed by atoms with Gasteiger partial charge in [0.25, 0.3) is 5.91 Å². The number of likely N-dealkylation sites (tertiary alicyclic amines) is 1. The molecule has 186 valence electrons. The van der Waals surface area contributed by atoms with Crippen LogP contribution >= 0.6 is 0 Å². The molecule has 2 saturated heterocycles. The van der Waals surface area contributed by atoms with Crippen molar-refractivity contribution in [1.82, 2.24) is 15.1 Å². The quantitative estimate of drug-likeness (QED) is 0.556. The molecule has 2 fully saturated rings. The Balaban J connectivity index is 1.37. The lowest BCUT2D eigenvalue weighted by molar-refractivity contribution is -0.154. The molecule has 36 heavy (non-hydrogen) atoms. The first-order valence-corrected chi connectivity index (χ1v) is 12.6. The van der Waals surface area contributed by atoms with Gasteiger partial charge in [0.2, 0.25) is 5.91 Å². The average molecular weight is 486 g/mol. The van der Waals surface area contributed by atoms with Crippen LogP contribution in [0.15, 0.2) is 72.8 Å². The Morgan fingerprint density at radius 2 is 1.67 bits per heavy atom. The lowest BCUT2D eigenvalue weighted by atomic mass is 9.93. The second-order valence-corrected chi connectivity index (χ2v) is 9.74. The summed E-state index contributed by atoms with van der Waals surface area (Å²) in [7, 11) is 0. The second-order valence-electron chi connectivity index (χ2n) is 9.74. The molecule has 2 heterocycles. The van der Waals surface area contributed by atoms with Gasteiger partial charge in [0.1, 0.15) is 6.04 Å². The zero-order chi connectivity index (χ0) is 25.3. The molecule has 7 nitrogen and oxygen atoms in total. The highest BCUT2D eigenvalue weighted by Gasteiger charge is 2.55. The summed E-state index contributed by atoms with van der Waals surface area (Å²) < 4.78 is 0. The zero-order valence-electron chi connectivity index (χ0n) is 20.4. The summed E-state index contributed by atoms with van der Waals surface area (Å²) in [5.41, 5.74) is 0.874. The van der Waals surface area contributed by atoms with Crippen molar-refractivity contribution >= 4 is 28.6 Å². The fraction of sp³-hybridized carbons (Fsp3) is 0.345. The van der Waals surface area contributed by atoms with Crippen LogP contribution in [0.25, 0.3) is 10.8 Å². The van der Waals surface area contributed by atoms with Crippen LogP contribution in [0.5, 0.6) is 0 Å². The number of fused-ring (bicyclic) bond motifs is 1. The highest BCUT2D eigenvalue weighted by Crippen LogP contribution is 2.36. The summed E-state index contributed by atoms with van der Waals surface area (Å²) in [6, 6.07) is 22.0. The highest BCUT2D eigenvalue weighted by atomic mass is 16.4. The number of carboxylic acids is 1. The number of hydrogen-bond donors (Lipinski definition) is 2. The minimum atomic E-state index is -0.998. The first-order chi connectivity index (χ1) is 17.4. The molecular formula is C29H31N3O4. The van der Waals surface area contributed by atoms with E-state index in [4.69, 9.17) is 0 Å². The van der Waals surface area contributed by atoms with Gasteiger partial charge in [0, 0.05) is 31.5 Å². The molecule has 2 aliphatic heterocycles. The molecule has 2 aliphatic rings. The van der Waals surface area contributed by atoms with Crippen molar-refractivity contribution < 1.29 is 19.5 Å². The normalized spacial score (nSPS) is 20.1. The molecule has 0 aliphatic carbocycles. The van der Waals surface area contributed by atoms with Crippen molar-refractivity contribution in [1.29, 1.82) is 0 Å². The molecule has 0 aromatic heterocycles. The molecule has 2 unspecified atom stereocenters. The van der Waals surface area contributed by atoms with E-state index in [1.807, 2.05) is 77.7 Å². The van der Waals surface area contributed by atoms with Crippen molar-refractivity contribution in [2.75, 3.05) is 13.1 Å². The van der Waals surface area contributed by atoms with Gasteiger partial charge >= 0.3 is 5.97 Å². The first kappa shape index (κ1) is 24.0. The number of nitrogens with zero attached hydrogens (tertiary/aromatic N) is 2. The van der Waals surface area contributed by atoms with Crippen LogP contribution in [0, 0.1) is 0 Å². The SMILES string of the molecule is CCC(C(=O)O)N1C(=O)C(Cc2ccccc2)NC12CCN(C(=O)c1ccc3ccccc3c1)CC2. The van der Waals surface area contributed by atoms with Crippen LogP contribution in [-0.2, 0) is 16.0 Å². The van der Waals surface area contributed by atoms with Crippen LogP contribution in [0.2, 0.25) is 0 Å². The Hall–Kier alpha value is -3.71. The molecule has 3 aromatic rings. The lowest BCUT2D eigenvalue weighted by Gasteiger charge is -2.46. The van der Waals surface area contributed by atoms with Crippen molar-refractivity contribution in [3.8, 4) is 0 Å². The van der Waals surface area contributed by atoms with Gasteiger partial charge in [0.05, 0.1) is 11.7 Å². The molecule has 0 radical (unpaired) electrons. The maximum atomic E-state index is 13.6. The van der Waals surface area contributed by atoms with E-state index < -0.39 is 23.7 Å². The van der Waals surface area contributed by atoms with Crippen molar-refractivity contribution in [2.45, 2.75) is 50.4 Å². The number of aliphatic carboxylic acids is 1. The van der Waals surface area contributed by atoms with Gasteiger partial charge in [-0.15, -0.1) is 0 Å².